The fraction of sp³-hybridized carbons (Fsp3) is 0.800. The lowest BCUT2D eigenvalue weighted by atomic mass is 9.92. The van der Waals surface area contributed by atoms with Crippen LogP contribution in [0.25, 0.3) is 0 Å². The molecule has 0 aromatic carbocycles. The SMILES string of the molecule is CC[C@@H](C)[C@@H]1C(=O)N(C)[C@@H](C)C(=O)NCCC(=O)O[C@@H](C[C@H](O)CCl)C(=O)N2CCC[C@@H]2C(=O)N[C@@H]([C@@H](C)CC)C(=O)N1C. The zero-order chi connectivity index (χ0) is 33.3. The summed E-state index contributed by atoms with van der Waals surface area (Å²) < 4.78 is 5.45. The quantitative estimate of drug-likeness (QED) is 0.269. The lowest BCUT2D eigenvalue weighted by molar-refractivity contribution is -0.163. The molecule has 2 saturated heterocycles. The normalized spacial score (nSPS) is 29.1. The average molecular weight is 644 g/mol. The maximum Gasteiger partial charge on any atom is 0.308 e. The van der Waals surface area contributed by atoms with Crippen LogP contribution in [0.5, 0.6) is 0 Å². The van der Waals surface area contributed by atoms with Gasteiger partial charge in [-0.2, -0.15) is 0 Å². The third-order valence-electron chi connectivity index (χ3n) is 8.97. The zero-order valence-electron chi connectivity index (χ0n) is 27.0. The molecule has 2 heterocycles. The van der Waals surface area contributed by atoms with Crippen molar-refractivity contribution in [3.63, 3.8) is 0 Å². The van der Waals surface area contributed by atoms with Crippen molar-refractivity contribution in [2.24, 2.45) is 11.8 Å². The first kappa shape index (κ1) is 37.3. The third-order valence-corrected chi connectivity index (χ3v) is 9.32. The second-order valence-electron chi connectivity index (χ2n) is 12.0. The van der Waals surface area contributed by atoms with Gasteiger partial charge in [-0.3, -0.25) is 28.8 Å². The Morgan fingerprint density at radius 1 is 0.955 bits per heavy atom. The highest BCUT2D eigenvalue weighted by molar-refractivity contribution is 6.18. The molecule has 3 N–H and O–H groups in total. The highest BCUT2D eigenvalue weighted by Crippen LogP contribution is 2.24. The van der Waals surface area contributed by atoms with Gasteiger partial charge >= 0.3 is 5.97 Å². The van der Waals surface area contributed by atoms with E-state index in [0.29, 0.717) is 25.7 Å². The number of likely N-dealkylation sites (N-methyl/N-ethyl adjacent to an activating group) is 2. The minimum absolute atomic E-state index is 0.123. The first-order valence-electron chi connectivity index (χ1n) is 15.5. The molecule has 250 valence electrons. The molecular weight excluding hydrogens is 594 g/mol. The summed E-state index contributed by atoms with van der Waals surface area (Å²) in [6.07, 6.45) is -1.14. The predicted octanol–water partition coefficient (Wildman–Crippen LogP) is 0.650. The molecule has 0 spiro atoms. The lowest BCUT2D eigenvalue weighted by Crippen LogP contribution is -2.61. The third kappa shape index (κ3) is 9.06. The largest absolute Gasteiger partial charge is 0.452 e. The van der Waals surface area contributed by atoms with E-state index in [2.05, 4.69) is 10.6 Å². The minimum Gasteiger partial charge on any atom is -0.452 e. The van der Waals surface area contributed by atoms with Gasteiger partial charge in [0, 0.05) is 39.5 Å². The number of ether oxygens (including phenoxy) is 1. The summed E-state index contributed by atoms with van der Waals surface area (Å²) >= 11 is 5.77. The molecule has 0 aliphatic carbocycles. The van der Waals surface area contributed by atoms with Crippen LogP contribution in [0, 0.1) is 11.8 Å². The molecule has 0 aromatic rings. The molecule has 5 amide bonds. The Morgan fingerprint density at radius 3 is 2.18 bits per heavy atom. The molecular formula is C30H50ClN5O8. The number of aliphatic hydroxyl groups excluding tert-OH is 1. The Bertz CT molecular complexity index is 1060. The highest BCUT2D eigenvalue weighted by Gasteiger charge is 2.43. The van der Waals surface area contributed by atoms with E-state index in [1.807, 2.05) is 27.7 Å². The van der Waals surface area contributed by atoms with Crippen LogP contribution in [-0.4, -0.2) is 125 Å². The number of aliphatic hydroxyl groups is 1. The number of halogens is 1. The lowest BCUT2D eigenvalue weighted by Gasteiger charge is -2.38. The van der Waals surface area contributed by atoms with Crippen LogP contribution < -0.4 is 10.6 Å². The van der Waals surface area contributed by atoms with Crippen LogP contribution in [-0.2, 0) is 33.5 Å². The summed E-state index contributed by atoms with van der Waals surface area (Å²) in [4.78, 5) is 84.8. The molecule has 2 aliphatic rings. The van der Waals surface area contributed by atoms with Gasteiger partial charge in [0.1, 0.15) is 24.2 Å². The van der Waals surface area contributed by atoms with Crippen molar-refractivity contribution in [3.8, 4) is 0 Å². The summed E-state index contributed by atoms with van der Waals surface area (Å²) in [6.45, 7) is 9.10. The predicted molar refractivity (Wildman–Crippen MR) is 163 cm³/mol. The summed E-state index contributed by atoms with van der Waals surface area (Å²) in [6, 6.07) is -3.76. The van der Waals surface area contributed by atoms with E-state index in [0.717, 1.165) is 0 Å². The molecule has 0 aromatic heterocycles. The summed E-state index contributed by atoms with van der Waals surface area (Å²) in [5.41, 5.74) is 0. The maximum atomic E-state index is 14.0. The Hall–Kier alpha value is -2.93. The van der Waals surface area contributed by atoms with Crippen molar-refractivity contribution in [2.45, 2.75) is 110 Å². The summed E-state index contributed by atoms with van der Waals surface area (Å²) in [5, 5.41) is 15.7. The fourth-order valence-corrected chi connectivity index (χ4v) is 5.65. The standard InChI is InChI=1S/C30H50ClN5O8/c1-8-17(3)24-29(42)35(7)25(18(4)9-2)30(43)34(6)19(5)26(39)32-13-12-23(38)44-22(15-20(37)16-31)28(41)36-14-10-11-21(36)27(40)33-24/h17-22,24-25,37H,8-16H2,1-7H3,(H,32,39)(H,33,40)/t17-,18+,19-,20-,21+,22-,24-,25+/m0/s1. The van der Waals surface area contributed by atoms with Crippen molar-refractivity contribution in [3.05, 3.63) is 0 Å². The molecule has 0 radical (unpaired) electrons. The van der Waals surface area contributed by atoms with E-state index in [-0.39, 0.29) is 43.6 Å². The zero-order valence-corrected chi connectivity index (χ0v) is 27.8. The van der Waals surface area contributed by atoms with Crippen molar-refractivity contribution in [1.29, 1.82) is 0 Å². The first-order chi connectivity index (χ1) is 20.7. The van der Waals surface area contributed by atoms with Crippen molar-refractivity contribution in [1.82, 2.24) is 25.3 Å². The van der Waals surface area contributed by atoms with Gasteiger partial charge in [0.25, 0.3) is 5.91 Å². The number of nitrogens with one attached hydrogen (secondary N) is 2. The number of hydrogen-bond donors (Lipinski definition) is 3. The van der Waals surface area contributed by atoms with Crippen molar-refractivity contribution in [2.75, 3.05) is 33.1 Å². The smallest absolute Gasteiger partial charge is 0.308 e. The Labute approximate surface area is 265 Å². The van der Waals surface area contributed by atoms with Crippen LogP contribution in [0.2, 0.25) is 0 Å². The average Bonchev–Trinajstić information content (AvgIpc) is 3.50. The molecule has 13 nitrogen and oxygen atoms in total. The van der Waals surface area contributed by atoms with Crippen LogP contribution in [0.1, 0.15) is 73.1 Å². The number of hydrogen-bond acceptors (Lipinski definition) is 8. The van der Waals surface area contributed by atoms with Gasteiger partial charge < -0.3 is 35.2 Å². The molecule has 0 unspecified atom stereocenters. The molecule has 2 rings (SSSR count). The Kier molecular flexibility index (Phi) is 14.4. The number of carbonyl (C=O) groups is 6. The minimum atomic E-state index is -1.40. The maximum absolute atomic E-state index is 14.0. The highest BCUT2D eigenvalue weighted by atomic mass is 35.5. The molecule has 0 saturated carbocycles. The van der Waals surface area contributed by atoms with E-state index in [1.165, 1.54) is 28.8 Å². The number of alkyl halides is 1. The number of rotatable bonds is 7. The van der Waals surface area contributed by atoms with Crippen LogP contribution >= 0.6 is 11.6 Å². The number of amides is 5. The van der Waals surface area contributed by atoms with E-state index in [1.54, 1.807) is 6.92 Å². The second kappa shape index (κ2) is 17.0. The van der Waals surface area contributed by atoms with Gasteiger partial charge in [-0.05, 0) is 31.6 Å². The Balaban J connectivity index is 2.56. The van der Waals surface area contributed by atoms with Gasteiger partial charge in [0.2, 0.25) is 23.6 Å². The number of fused-ring (bicyclic) bond motifs is 1. The monoisotopic (exact) mass is 643 g/mol. The molecule has 44 heavy (non-hydrogen) atoms. The number of carbonyl (C=O) groups excluding carboxylic acids is 6. The fourth-order valence-electron chi connectivity index (χ4n) is 5.53. The van der Waals surface area contributed by atoms with E-state index < -0.39 is 71.9 Å². The molecule has 2 fully saturated rings. The molecule has 8 atom stereocenters. The van der Waals surface area contributed by atoms with E-state index >= 15 is 0 Å². The summed E-state index contributed by atoms with van der Waals surface area (Å²) in [7, 11) is 3.01. The summed E-state index contributed by atoms with van der Waals surface area (Å²) in [5.74, 6) is -4.15. The van der Waals surface area contributed by atoms with Gasteiger partial charge in [0.05, 0.1) is 12.5 Å². The van der Waals surface area contributed by atoms with Crippen LogP contribution in [0.4, 0.5) is 0 Å². The number of esters is 1. The second-order valence-corrected chi connectivity index (χ2v) is 12.3. The molecule has 14 heteroatoms. The number of nitrogens with zero attached hydrogens (tertiary/aromatic N) is 3. The first-order valence-corrected chi connectivity index (χ1v) is 16.1. The van der Waals surface area contributed by atoms with Gasteiger partial charge in [0.15, 0.2) is 6.10 Å². The van der Waals surface area contributed by atoms with Crippen molar-refractivity contribution < 1.29 is 38.6 Å². The topological polar surface area (TPSA) is 166 Å². The van der Waals surface area contributed by atoms with E-state index in [9.17, 15) is 33.9 Å². The Morgan fingerprint density at radius 2 is 1.59 bits per heavy atom. The molecule has 0 bridgehead atoms. The van der Waals surface area contributed by atoms with Crippen LogP contribution in [0.15, 0.2) is 0 Å². The van der Waals surface area contributed by atoms with Gasteiger partial charge in [-0.1, -0.05) is 40.5 Å². The van der Waals surface area contributed by atoms with Gasteiger partial charge in [-0.25, -0.2) is 0 Å². The van der Waals surface area contributed by atoms with E-state index in [4.69, 9.17) is 16.3 Å². The van der Waals surface area contributed by atoms with Crippen molar-refractivity contribution >= 4 is 47.1 Å². The van der Waals surface area contributed by atoms with Gasteiger partial charge in [-0.15, -0.1) is 11.6 Å². The van der Waals surface area contributed by atoms with Crippen LogP contribution in [0.3, 0.4) is 0 Å². The number of cyclic esters (lactones) is 1. The molecule has 2 aliphatic heterocycles.